The van der Waals surface area contributed by atoms with E-state index in [4.69, 9.17) is 21.1 Å². The maximum absolute atomic E-state index is 12.9. The number of piperidine rings is 2. The summed E-state index contributed by atoms with van der Waals surface area (Å²) < 4.78 is 24.4. The van der Waals surface area contributed by atoms with Crippen molar-refractivity contribution in [1.29, 1.82) is 0 Å². The lowest BCUT2D eigenvalue weighted by Gasteiger charge is -2.42. The van der Waals surface area contributed by atoms with Crippen molar-refractivity contribution >= 4 is 70.4 Å². The van der Waals surface area contributed by atoms with Crippen LogP contribution in [0.15, 0.2) is 55.3 Å². The second kappa shape index (κ2) is 16.0. The van der Waals surface area contributed by atoms with Gasteiger partial charge in [-0.3, -0.25) is 9.59 Å². The molecule has 2 saturated heterocycles. The number of nitrogens with zero attached hydrogens (tertiary/aromatic N) is 4. The number of methoxy groups -OCH3 is 1. The highest BCUT2D eigenvalue weighted by Crippen LogP contribution is 2.41. The van der Waals surface area contributed by atoms with Gasteiger partial charge in [0.25, 0.3) is 0 Å². The van der Waals surface area contributed by atoms with Gasteiger partial charge in [0.15, 0.2) is 5.82 Å². The van der Waals surface area contributed by atoms with E-state index in [2.05, 4.69) is 42.3 Å². The molecule has 274 valence electrons. The Bertz CT molecular complexity index is 1790. The fourth-order valence-corrected chi connectivity index (χ4v) is 7.84. The third kappa shape index (κ3) is 9.81. The highest BCUT2D eigenvalue weighted by molar-refractivity contribution is 7.70. The van der Waals surface area contributed by atoms with Crippen LogP contribution in [0.2, 0.25) is 5.02 Å². The Morgan fingerprint density at radius 3 is 2.31 bits per heavy atom. The number of nitrogens with one attached hydrogen (secondary N) is 3. The number of hydrogen-bond donors (Lipinski definition) is 3. The fourth-order valence-electron chi connectivity index (χ4n) is 6.55. The molecule has 1 amide bonds. The number of rotatable bonds is 11. The Hall–Kier alpha value is -4.12. The summed E-state index contributed by atoms with van der Waals surface area (Å²) in [5, 5.41) is 10.4. The number of aromatic nitrogens is 2. The maximum atomic E-state index is 12.9. The van der Waals surface area contributed by atoms with Crippen molar-refractivity contribution < 1.29 is 23.6 Å². The molecule has 3 N–H and O–H groups in total. The monoisotopic (exact) mass is 737 g/mol. The summed E-state index contributed by atoms with van der Waals surface area (Å²) in [6.45, 7) is 16.1. The Balaban J connectivity index is 1.31. The molecule has 0 saturated carbocycles. The first-order valence-electron chi connectivity index (χ1n) is 17.2. The Labute approximate surface area is 305 Å². The predicted molar refractivity (Wildman–Crippen MR) is 206 cm³/mol. The summed E-state index contributed by atoms with van der Waals surface area (Å²) >= 11 is 6.49. The Morgan fingerprint density at radius 2 is 1.69 bits per heavy atom. The Morgan fingerprint density at radius 1 is 1.00 bits per heavy atom. The van der Waals surface area contributed by atoms with Crippen LogP contribution in [0.5, 0.6) is 5.75 Å². The molecule has 12 nitrogen and oxygen atoms in total. The van der Waals surface area contributed by atoms with Gasteiger partial charge in [0, 0.05) is 30.5 Å². The van der Waals surface area contributed by atoms with Crippen LogP contribution in [0.25, 0.3) is 0 Å². The first-order valence-corrected chi connectivity index (χ1v) is 20.2. The molecule has 0 atom stereocenters. The van der Waals surface area contributed by atoms with Gasteiger partial charge < -0.3 is 39.8 Å². The average molecular weight is 738 g/mol. The number of amides is 1. The van der Waals surface area contributed by atoms with Gasteiger partial charge in [-0.25, -0.2) is 4.98 Å². The van der Waals surface area contributed by atoms with E-state index in [1.807, 2.05) is 51.1 Å². The quantitative estimate of drug-likeness (QED) is 0.106. The van der Waals surface area contributed by atoms with Crippen LogP contribution in [0, 0.1) is 5.92 Å². The highest BCUT2D eigenvalue weighted by atomic mass is 35.5. The molecule has 2 aromatic carbocycles. The van der Waals surface area contributed by atoms with Crippen molar-refractivity contribution in [2.24, 2.45) is 5.92 Å². The van der Waals surface area contributed by atoms with E-state index < -0.39 is 12.7 Å². The molecule has 1 aromatic heterocycles. The molecule has 3 aromatic rings. The topological polar surface area (TPSA) is 138 Å². The standard InChI is InChI=1S/C37H49ClN7O5P/c1-8-33(46)40-28-21-29(42-36-39-23-26(38)34(43-36)41-27-11-9-10-12-32(27)51(6,7)48)31(49-5)22-30(28)45-19-15-25(16-20-45)44-17-13-24(14-18-44)35(47)50-37(2,3)4/h8-12,21-25H,1,13-20H2,2-7H3,(H,40,46)(H2,39,41,42,43). The lowest BCUT2D eigenvalue weighted by atomic mass is 9.93. The summed E-state index contributed by atoms with van der Waals surface area (Å²) in [6, 6.07) is 11.5. The van der Waals surface area contributed by atoms with E-state index in [1.54, 1.807) is 26.5 Å². The van der Waals surface area contributed by atoms with Gasteiger partial charge in [0.2, 0.25) is 11.9 Å². The smallest absolute Gasteiger partial charge is 0.309 e. The van der Waals surface area contributed by atoms with Gasteiger partial charge >= 0.3 is 5.97 Å². The average Bonchev–Trinajstić information content (AvgIpc) is 3.09. The van der Waals surface area contributed by atoms with Crippen molar-refractivity contribution in [3.63, 3.8) is 0 Å². The number of anilines is 6. The molecule has 0 spiro atoms. The number of benzene rings is 2. The Kier molecular flexibility index (Phi) is 12.0. The van der Waals surface area contributed by atoms with Crippen LogP contribution in [0.3, 0.4) is 0 Å². The van der Waals surface area contributed by atoms with Crippen LogP contribution >= 0.6 is 18.7 Å². The van der Waals surface area contributed by atoms with Crippen LogP contribution < -0.4 is 30.9 Å². The summed E-state index contributed by atoms with van der Waals surface area (Å²) in [5.74, 6) is 0.619. The van der Waals surface area contributed by atoms with Crippen molar-refractivity contribution in [3.05, 3.63) is 60.3 Å². The van der Waals surface area contributed by atoms with Gasteiger partial charge in [-0.1, -0.05) is 30.3 Å². The third-order valence-corrected chi connectivity index (χ3v) is 10.9. The molecular weight excluding hydrogens is 689 g/mol. The summed E-state index contributed by atoms with van der Waals surface area (Å²) in [7, 11) is -1.01. The summed E-state index contributed by atoms with van der Waals surface area (Å²) in [4.78, 5) is 39.0. The molecule has 3 heterocycles. The molecule has 2 aliphatic heterocycles. The second-order valence-corrected chi connectivity index (χ2v) is 17.9. The molecule has 0 bridgehead atoms. The van der Waals surface area contributed by atoms with E-state index in [-0.39, 0.29) is 28.8 Å². The fraction of sp³-hybridized carbons (Fsp3) is 0.459. The minimum absolute atomic E-state index is 0.0496. The first-order chi connectivity index (χ1) is 24.1. The molecule has 0 radical (unpaired) electrons. The third-order valence-electron chi connectivity index (χ3n) is 9.08. The normalized spacial score (nSPS) is 16.3. The number of para-hydroxylation sites is 1. The minimum Gasteiger partial charge on any atom is -0.494 e. The summed E-state index contributed by atoms with van der Waals surface area (Å²) in [5.41, 5.74) is 2.11. The van der Waals surface area contributed by atoms with Crippen LogP contribution in [-0.2, 0) is 18.9 Å². The zero-order valence-corrected chi connectivity index (χ0v) is 31.9. The number of esters is 1. The van der Waals surface area contributed by atoms with Gasteiger partial charge in [-0.15, -0.1) is 0 Å². The maximum Gasteiger partial charge on any atom is 0.309 e. The zero-order chi connectivity index (χ0) is 36.9. The molecule has 5 rings (SSSR count). The van der Waals surface area contributed by atoms with Crippen LogP contribution in [-0.4, -0.2) is 85.0 Å². The van der Waals surface area contributed by atoms with Gasteiger partial charge in [-0.2, -0.15) is 4.98 Å². The highest BCUT2D eigenvalue weighted by Gasteiger charge is 2.33. The van der Waals surface area contributed by atoms with E-state index in [1.165, 1.54) is 12.3 Å². The molecule has 0 aliphatic carbocycles. The number of halogens is 1. The largest absolute Gasteiger partial charge is 0.494 e. The molecule has 14 heteroatoms. The van der Waals surface area contributed by atoms with Crippen molar-refractivity contribution in [2.45, 2.75) is 58.1 Å². The molecule has 2 fully saturated rings. The molecule has 51 heavy (non-hydrogen) atoms. The van der Waals surface area contributed by atoms with Crippen molar-refractivity contribution in [3.8, 4) is 5.75 Å². The van der Waals surface area contributed by atoms with Crippen LogP contribution in [0.1, 0.15) is 46.5 Å². The molecule has 2 aliphatic rings. The number of likely N-dealkylation sites (tertiary alicyclic amines) is 1. The van der Waals surface area contributed by atoms with E-state index in [0.29, 0.717) is 40.0 Å². The number of ether oxygens (including phenoxy) is 2. The predicted octanol–water partition coefficient (Wildman–Crippen LogP) is 7.02. The number of carbonyl (C=O) groups is 2. The zero-order valence-electron chi connectivity index (χ0n) is 30.3. The van der Waals surface area contributed by atoms with Gasteiger partial charge in [-0.05, 0) is 97.1 Å². The SMILES string of the molecule is C=CC(=O)Nc1cc(Nc2ncc(Cl)c(Nc3ccccc3P(C)(C)=O)n2)c(OC)cc1N1CCC(N2CCC(C(=O)OC(C)(C)C)CC2)CC1. The molecule has 0 unspecified atom stereocenters. The van der Waals surface area contributed by atoms with Gasteiger partial charge in [0.1, 0.15) is 23.5 Å². The lowest BCUT2D eigenvalue weighted by molar-refractivity contribution is -0.161. The van der Waals surface area contributed by atoms with E-state index in [9.17, 15) is 14.2 Å². The van der Waals surface area contributed by atoms with Gasteiger partial charge in [0.05, 0.1) is 42.0 Å². The van der Waals surface area contributed by atoms with E-state index in [0.717, 1.165) is 57.5 Å². The molecular formula is C37H49ClN7O5P. The van der Waals surface area contributed by atoms with E-state index >= 15 is 0 Å². The minimum atomic E-state index is -2.59. The second-order valence-electron chi connectivity index (χ2n) is 14.3. The lowest BCUT2D eigenvalue weighted by Crippen LogP contribution is -2.49. The summed E-state index contributed by atoms with van der Waals surface area (Å²) in [6.07, 6.45) is 6.21. The number of carbonyl (C=O) groups excluding carboxylic acids is 2. The number of hydrogen-bond acceptors (Lipinski definition) is 11. The first kappa shape index (κ1) is 38.1. The van der Waals surface area contributed by atoms with Crippen molar-refractivity contribution in [1.82, 2.24) is 14.9 Å². The van der Waals surface area contributed by atoms with Crippen LogP contribution in [0.4, 0.5) is 34.5 Å². The van der Waals surface area contributed by atoms with Crippen molar-refractivity contribution in [2.75, 3.05) is 67.5 Å².